The summed E-state index contributed by atoms with van der Waals surface area (Å²) in [7, 11) is 1.53. The molecular weight excluding hydrogens is 438 g/mol. The van der Waals surface area contributed by atoms with Crippen LogP contribution in [0.3, 0.4) is 0 Å². The molecule has 0 saturated heterocycles. The molecule has 0 atom stereocenters. The number of benzene rings is 2. The zero-order chi connectivity index (χ0) is 23.9. The molecule has 0 fully saturated rings. The average Bonchev–Trinajstić information content (AvgIpc) is 3.13. The normalized spacial score (nSPS) is 14.3. The fraction of sp³-hybridized carbons (Fsp3) is 0.320. The lowest BCUT2D eigenvalue weighted by Gasteiger charge is -2.14. The van der Waals surface area contributed by atoms with E-state index >= 15 is 0 Å². The Bertz CT molecular complexity index is 1270. The number of halogens is 4. The van der Waals surface area contributed by atoms with Gasteiger partial charge in [-0.2, -0.15) is 13.2 Å². The van der Waals surface area contributed by atoms with Crippen LogP contribution in [-0.4, -0.2) is 13.0 Å². The number of hydrogen-bond acceptors (Lipinski definition) is 3. The van der Waals surface area contributed by atoms with E-state index in [1.165, 1.54) is 18.7 Å². The molecule has 0 saturated carbocycles. The van der Waals surface area contributed by atoms with Crippen molar-refractivity contribution in [1.29, 1.82) is 0 Å². The minimum atomic E-state index is -4.86. The quantitative estimate of drug-likeness (QED) is 0.342. The number of rotatable bonds is 4. The van der Waals surface area contributed by atoms with E-state index < -0.39 is 23.5 Å². The minimum Gasteiger partial charge on any atom is -0.496 e. The van der Waals surface area contributed by atoms with E-state index in [0.717, 1.165) is 54.0 Å². The van der Waals surface area contributed by atoms with E-state index in [4.69, 9.17) is 9.15 Å². The predicted octanol–water partition coefficient (Wildman–Crippen LogP) is 6.83. The number of hydrogen-bond donors (Lipinski definition) is 1. The number of methoxy groups -OCH3 is 1. The van der Waals surface area contributed by atoms with Gasteiger partial charge in [0.15, 0.2) is 0 Å². The van der Waals surface area contributed by atoms with Crippen molar-refractivity contribution < 1.29 is 31.5 Å². The molecule has 33 heavy (non-hydrogen) atoms. The molecule has 1 N–H and O–H groups in total. The lowest BCUT2D eigenvalue weighted by atomic mass is 9.93. The molecule has 3 aromatic rings. The summed E-state index contributed by atoms with van der Waals surface area (Å²) < 4.78 is 64.1. The number of ether oxygens (including phenoxy) is 1. The lowest BCUT2D eigenvalue weighted by molar-refractivity contribution is -0.140. The molecule has 1 aliphatic carbocycles. The van der Waals surface area contributed by atoms with Crippen molar-refractivity contribution in [2.45, 2.75) is 45.7 Å². The first-order valence-electron chi connectivity index (χ1n) is 10.6. The highest BCUT2D eigenvalue weighted by atomic mass is 19.4. The molecular formula is C25H23F4NO3. The van der Waals surface area contributed by atoms with Gasteiger partial charge in [-0.25, -0.2) is 4.39 Å². The standard InChI is InChI=1S/C25H23F4NO3/c1-13(10-22(31)30-15-8-9-20(26)19(11-15)25(27,28)29)17-12-18-16-6-4-5-7-21(16)33-24(18)14(2)23(17)32-3/h8-12H,4-7H2,1-3H3,(H,30,31)/b13-10+. The summed E-state index contributed by atoms with van der Waals surface area (Å²) in [5, 5.41) is 3.36. The van der Waals surface area contributed by atoms with Crippen LogP contribution in [-0.2, 0) is 23.8 Å². The second-order valence-corrected chi connectivity index (χ2v) is 8.18. The summed E-state index contributed by atoms with van der Waals surface area (Å²) in [6.45, 7) is 3.62. The van der Waals surface area contributed by atoms with Gasteiger partial charge in [-0.05, 0) is 62.9 Å². The molecule has 0 bridgehead atoms. The van der Waals surface area contributed by atoms with Crippen LogP contribution >= 0.6 is 0 Å². The van der Waals surface area contributed by atoms with Gasteiger partial charge >= 0.3 is 6.18 Å². The molecule has 1 aliphatic rings. The van der Waals surface area contributed by atoms with Crippen LogP contribution in [0.25, 0.3) is 16.5 Å². The Labute approximate surface area is 188 Å². The van der Waals surface area contributed by atoms with Crippen LogP contribution in [0.1, 0.15) is 47.8 Å². The van der Waals surface area contributed by atoms with Gasteiger partial charge in [-0.3, -0.25) is 4.79 Å². The largest absolute Gasteiger partial charge is 0.496 e. The Hall–Kier alpha value is -3.29. The molecule has 4 nitrogen and oxygen atoms in total. The Morgan fingerprint density at radius 2 is 1.91 bits per heavy atom. The molecule has 2 aromatic carbocycles. The van der Waals surface area contributed by atoms with Crippen LogP contribution in [0.5, 0.6) is 5.75 Å². The lowest BCUT2D eigenvalue weighted by Crippen LogP contribution is -2.12. The maximum atomic E-state index is 13.5. The maximum absolute atomic E-state index is 13.5. The average molecular weight is 461 g/mol. The molecule has 8 heteroatoms. The second kappa shape index (κ2) is 8.57. The number of carbonyl (C=O) groups is 1. The van der Waals surface area contributed by atoms with Crippen molar-refractivity contribution in [3.05, 3.63) is 64.2 Å². The first kappa shape index (κ1) is 22.9. The van der Waals surface area contributed by atoms with Gasteiger partial charge in [0.1, 0.15) is 22.9 Å². The summed E-state index contributed by atoms with van der Waals surface area (Å²) in [5.74, 6) is -0.489. The third kappa shape index (κ3) is 4.34. The minimum absolute atomic E-state index is 0.153. The van der Waals surface area contributed by atoms with E-state index in [1.54, 1.807) is 6.92 Å². The summed E-state index contributed by atoms with van der Waals surface area (Å²) in [4.78, 5) is 12.6. The van der Waals surface area contributed by atoms with Crippen molar-refractivity contribution in [2.75, 3.05) is 12.4 Å². The van der Waals surface area contributed by atoms with Crippen LogP contribution in [0.4, 0.5) is 23.2 Å². The highest BCUT2D eigenvalue weighted by Crippen LogP contribution is 2.41. The number of allylic oxidation sites excluding steroid dienone is 1. The SMILES string of the molecule is COc1c(/C(C)=C/C(=O)Nc2ccc(F)c(C(F)(F)F)c2)cc2c3c(oc2c1C)CCCC3. The molecule has 1 heterocycles. The van der Waals surface area contributed by atoms with Crippen LogP contribution in [0.2, 0.25) is 0 Å². The van der Waals surface area contributed by atoms with Gasteiger partial charge in [0.2, 0.25) is 5.91 Å². The van der Waals surface area contributed by atoms with Gasteiger partial charge < -0.3 is 14.5 Å². The number of furan rings is 1. The maximum Gasteiger partial charge on any atom is 0.419 e. The second-order valence-electron chi connectivity index (χ2n) is 8.18. The van der Waals surface area contributed by atoms with Gasteiger partial charge in [-0.15, -0.1) is 0 Å². The van der Waals surface area contributed by atoms with Gasteiger partial charge in [0.05, 0.1) is 12.7 Å². The smallest absolute Gasteiger partial charge is 0.419 e. The molecule has 174 valence electrons. The van der Waals surface area contributed by atoms with Crippen LogP contribution < -0.4 is 10.1 Å². The van der Waals surface area contributed by atoms with E-state index in [0.29, 0.717) is 29.0 Å². The van der Waals surface area contributed by atoms with E-state index in [2.05, 4.69) is 5.32 Å². The number of fused-ring (bicyclic) bond motifs is 3. The fourth-order valence-corrected chi connectivity index (χ4v) is 4.37. The highest BCUT2D eigenvalue weighted by Gasteiger charge is 2.34. The van der Waals surface area contributed by atoms with Gasteiger partial charge in [0, 0.05) is 40.3 Å². The molecule has 1 aromatic heterocycles. The summed E-state index contributed by atoms with van der Waals surface area (Å²) in [6.07, 6.45) is 0.386. The van der Waals surface area contributed by atoms with Crippen molar-refractivity contribution in [1.82, 2.24) is 0 Å². The van der Waals surface area contributed by atoms with Gasteiger partial charge in [0.25, 0.3) is 0 Å². The summed E-state index contributed by atoms with van der Waals surface area (Å²) in [6, 6.07) is 4.27. The molecule has 1 amide bonds. The number of carbonyl (C=O) groups excluding carboxylic acids is 1. The Balaban J connectivity index is 1.68. The molecule has 0 spiro atoms. The molecule has 4 rings (SSSR count). The zero-order valence-corrected chi connectivity index (χ0v) is 18.5. The van der Waals surface area contributed by atoms with E-state index in [9.17, 15) is 22.4 Å². The first-order chi connectivity index (χ1) is 15.6. The Morgan fingerprint density at radius 1 is 1.18 bits per heavy atom. The van der Waals surface area contributed by atoms with Crippen LogP contribution in [0.15, 0.2) is 34.8 Å². The molecule has 0 aliphatic heterocycles. The van der Waals surface area contributed by atoms with E-state index in [-0.39, 0.29) is 5.69 Å². The van der Waals surface area contributed by atoms with Crippen molar-refractivity contribution in [2.24, 2.45) is 0 Å². The zero-order valence-electron chi connectivity index (χ0n) is 18.5. The summed E-state index contributed by atoms with van der Waals surface area (Å²) in [5.41, 5.74) is 2.44. The van der Waals surface area contributed by atoms with Crippen molar-refractivity contribution in [3.63, 3.8) is 0 Å². The van der Waals surface area contributed by atoms with Crippen LogP contribution in [0, 0.1) is 12.7 Å². The Kier molecular flexibility index (Phi) is 5.95. The fourth-order valence-electron chi connectivity index (χ4n) is 4.37. The molecule has 0 unspecified atom stereocenters. The first-order valence-corrected chi connectivity index (χ1v) is 10.6. The summed E-state index contributed by atoms with van der Waals surface area (Å²) >= 11 is 0. The van der Waals surface area contributed by atoms with Gasteiger partial charge in [-0.1, -0.05) is 0 Å². The van der Waals surface area contributed by atoms with E-state index in [1.807, 2.05) is 13.0 Å². The molecule has 0 radical (unpaired) electrons. The predicted molar refractivity (Wildman–Crippen MR) is 118 cm³/mol. The number of nitrogens with one attached hydrogen (secondary N) is 1. The number of alkyl halides is 3. The monoisotopic (exact) mass is 461 g/mol. The number of aryl methyl sites for hydroxylation is 3. The van der Waals surface area contributed by atoms with Crippen molar-refractivity contribution >= 4 is 28.1 Å². The highest BCUT2D eigenvalue weighted by molar-refractivity contribution is 6.05. The number of amides is 1. The third-order valence-electron chi connectivity index (χ3n) is 5.94. The Morgan fingerprint density at radius 3 is 2.61 bits per heavy atom. The third-order valence-corrected chi connectivity index (χ3v) is 5.94. The topological polar surface area (TPSA) is 51.5 Å². The number of anilines is 1. The van der Waals surface area contributed by atoms with Crippen molar-refractivity contribution in [3.8, 4) is 5.75 Å².